The number of ether oxygens (including phenoxy) is 3. The summed E-state index contributed by atoms with van der Waals surface area (Å²) in [7, 11) is 4.86. The van der Waals surface area contributed by atoms with Crippen molar-refractivity contribution in [3.05, 3.63) is 23.2 Å². The molecule has 0 aliphatic carbocycles. The zero-order chi connectivity index (χ0) is 17.1. The number of carbonyl (C=O) groups is 1. The summed E-state index contributed by atoms with van der Waals surface area (Å²) in [6.07, 6.45) is 0.863. The molecule has 0 saturated heterocycles. The number of halogens is 1. The normalized spacial score (nSPS) is 10.8. The van der Waals surface area contributed by atoms with Gasteiger partial charge in [-0.15, -0.1) is 0 Å². The van der Waals surface area contributed by atoms with Crippen molar-refractivity contribution in [2.75, 3.05) is 59.5 Å². The number of hydrogen-bond acceptors (Lipinski definition) is 5. The highest BCUT2D eigenvalue weighted by atomic mass is 35.5. The number of methoxy groups -OCH3 is 3. The Kier molecular flexibility index (Phi) is 9.63. The van der Waals surface area contributed by atoms with Crippen LogP contribution in [0, 0.1) is 0 Å². The summed E-state index contributed by atoms with van der Waals surface area (Å²) in [5, 5.41) is 3.30. The Morgan fingerprint density at radius 3 is 2.52 bits per heavy atom. The fraction of sp³-hybridized carbons (Fsp3) is 0.562. The Morgan fingerprint density at radius 2 is 1.91 bits per heavy atom. The zero-order valence-electron chi connectivity index (χ0n) is 13.9. The van der Waals surface area contributed by atoms with Crippen LogP contribution in [0.1, 0.15) is 6.42 Å². The summed E-state index contributed by atoms with van der Waals surface area (Å²) in [6, 6.07) is 5.15. The second-order valence-corrected chi connectivity index (χ2v) is 5.42. The van der Waals surface area contributed by atoms with Crippen LogP contribution >= 0.6 is 11.6 Å². The SMILES string of the molecule is COCCCN(CCOC)CC(=O)Nc1ccc(OC)c(Cl)c1. The van der Waals surface area contributed by atoms with Gasteiger partial charge >= 0.3 is 0 Å². The number of amides is 1. The number of rotatable bonds is 11. The zero-order valence-corrected chi connectivity index (χ0v) is 14.7. The minimum atomic E-state index is -0.0975. The third-order valence-electron chi connectivity index (χ3n) is 3.24. The van der Waals surface area contributed by atoms with Gasteiger partial charge in [-0.2, -0.15) is 0 Å². The van der Waals surface area contributed by atoms with Crippen molar-refractivity contribution in [2.24, 2.45) is 0 Å². The number of nitrogens with zero attached hydrogens (tertiary/aromatic N) is 1. The van der Waals surface area contributed by atoms with Gasteiger partial charge in [0, 0.05) is 39.6 Å². The van der Waals surface area contributed by atoms with Crippen molar-refractivity contribution in [2.45, 2.75) is 6.42 Å². The van der Waals surface area contributed by atoms with E-state index < -0.39 is 0 Å². The maximum Gasteiger partial charge on any atom is 0.238 e. The molecular weight excluding hydrogens is 320 g/mol. The first kappa shape index (κ1) is 19.7. The molecule has 1 aromatic carbocycles. The largest absolute Gasteiger partial charge is 0.495 e. The fourth-order valence-electron chi connectivity index (χ4n) is 2.07. The number of anilines is 1. The lowest BCUT2D eigenvalue weighted by molar-refractivity contribution is -0.117. The lowest BCUT2D eigenvalue weighted by Gasteiger charge is -2.21. The number of carbonyl (C=O) groups excluding carboxylic acids is 1. The molecule has 7 heteroatoms. The van der Waals surface area contributed by atoms with Gasteiger partial charge in [0.15, 0.2) is 0 Å². The predicted octanol–water partition coefficient (Wildman–Crippen LogP) is 2.27. The van der Waals surface area contributed by atoms with E-state index in [1.54, 1.807) is 39.5 Å². The van der Waals surface area contributed by atoms with Crippen molar-refractivity contribution in [3.8, 4) is 5.75 Å². The van der Waals surface area contributed by atoms with Crippen LogP contribution in [0.4, 0.5) is 5.69 Å². The quantitative estimate of drug-likeness (QED) is 0.624. The standard InChI is InChI=1S/C16H25ClN2O4/c1-21-9-4-7-19(8-10-22-2)12-16(20)18-13-5-6-15(23-3)14(17)11-13/h5-6,11H,4,7-10,12H2,1-3H3,(H,18,20). The van der Waals surface area contributed by atoms with Crippen LogP contribution in [0.25, 0.3) is 0 Å². The fourth-order valence-corrected chi connectivity index (χ4v) is 2.33. The molecule has 1 amide bonds. The van der Waals surface area contributed by atoms with E-state index >= 15 is 0 Å². The lowest BCUT2D eigenvalue weighted by atomic mass is 10.3. The average Bonchev–Trinajstić information content (AvgIpc) is 2.52. The molecule has 0 unspecified atom stereocenters. The average molecular weight is 345 g/mol. The number of benzene rings is 1. The van der Waals surface area contributed by atoms with Gasteiger partial charge in [-0.3, -0.25) is 9.69 Å². The van der Waals surface area contributed by atoms with Crippen molar-refractivity contribution in [3.63, 3.8) is 0 Å². The van der Waals surface area contributed by atoms with Crippen LogP contribution in [0.15, 0.2) is 18.2 Å². The molecule has 1 rings (SSSR count). The molecule has 130 valence electrons. The first-order valence-electron chi connectivity index (χ1n) is 7.44. The Balaban J connectivity index is 2.54. The first-order chi connectivity index (χ1) is 11.1. The molecule has 6 nitrogen and oxygen atoms in total. The second kappa shape index (κ2) is 11.2. The lowest BCUT2D eigenvalue weighted by Crippen LogP contribution is -2.36. The molecule has 0 saturated carbocycles. The molecular formula is C16H25ClN2O4. The molecule has 1 N–H and O–H groups in total. The number of hydrogen-bond donors (Lipinski definition) is 1. The van der Waals surface area contributed by atoms with Gasteiger partial charge in [-0.05, 0) is 24.6 Å². The van der Waals surface area contributed by atoms with Crippen molar-refractivity contribution < 1.29 is 19.0 Å². The highest BCUT2D eigenvalue weighted by molar-refractivity contribution is 6.32. The Hall–Kier alpha value is -1.34. The van der Waals surface area contributed by atoms with Gasteiger partial charge in [-0.1, -0.05) is 11.6 Å². The van der Waals surface area contributed by atoms with Crippen LogP contribution in [0.2, 0.25) is 5.02 Å². The van der Waals surface area contributed by atoms with E-state index in [9.17, 15) is 4.79 Å². The summed E-state index contributed by atoms with van der Waals surface area (Å²) in [5.41, 5.74) is 0.643. The Bertz CT molecular complexity index is 485. The summed E-state index contributed by atoms with van der Waals surface area (Å²) >= 11 is 6.05. The van der Waals surface area contributed by atoms with Crippen molar-refractivity contribution in [1.29, 1.82) is 0 Å². The minimum absolute atomic E-state index is 0.0975. The molecule has 0 aliphatic heterocycles. The van der Waals surface area contributed by atoms with Gasteiger partial charge in [0.1, 0.15) is 5.75 Å². The summed E-state index contributed by atoms with van der Waals surface area (Å²) in [6.45, 7) is 3.00. The third kappa shape index (κ3) is 7.65. The molecule has 0 bridgehead atoms. The molecule has 0 aromatic heterocycles. The van der Waals surface area contributed by atoms with E-state index in [2.05, 4.69) is 5.32 Å². The summed E-state index contributed by atoms with van der Waals surface area (Å²) in [5.74, 6) is 0.478. The summed E-state index contributed by atoms with van der Waals surface area (Å²) in [4.78, 5) is 14.2. The van der Waals surface area contributed by atoms with Crippen LogP contribution in [-0.4, -0.2) is 65.0 Å². The highest BCUT2D eigenvalue weighted by Crippen LogP contribution is 2.27. The van der Waals surface area contributed by atoms with Gasteiger partial charge in [0.25, 0.3) is 0 Å². The monoisotopic (exact) mass is 344 g/mol. The van der Waals surface area contributed by atoms with Crippen LogP contribution < -0.4 is 10.1 Å². The van der Waals surface area contributed by atoms with E-state index in [1.807, 2.05) is 4.90 Å². The van der Waals surface area contributed by atoms with Crippen LogP contribution in [-0.2, 0) is 14.3 Å². The van der Waals surface area contributed by atoms with Gasteiger partial charge in [0.05, 0.1) is 25.3 Å². The van der Waals surface area contributed by atoms with E-state index in [1.165, 1.54) is 0 Å². The van der Waals surface area contributed by atoms with E-state index in [0.717, 1.165) is 13.0 Å². The maximum atomic E-state index is 12.2. The smallest absolute Gasteiger partial charge is 0.238 e. The molecule has 0 radical (unpaired) electrons. The van der Waals surface area contributed by atoms with Gasteiger partial charge < -0.3 is 19.5 Å². The molecule has 0 heterocycles. The third-order valence-corrected chi connectivity index (χ3v) is 3.53. The van der Waals surface area contributed by atoms with E-state index in [4.69, 9.17) is 25.8 Å². The topological polar surface area (TPSA) is 60.0 Å². The van der Waals surface area contributed by atoms with Crippen molar-refractivity contribution in [1.82, 2.24) is 4.90 Å². The van der Waals surface area contributed by atoms with Gasteiger partial charge in [0.2, 0.25) is 5.91 Å². The molecule has 0 aliphatic rings. The molecule has 1 aromatic rings. The summed E-state index contributed by atoms with van der Waals surface area (Å²) < 4.78 is 15.2. The molecule has 0 atom stereocenters. The van der Waals surface area contributed by atoms with Gasteiger partial charge in [-0.25, -0.2) is 0 Å². The highest BCUT2D eigenvalue weighted by Gasteiger charge is 2.11. The predicted molar refractivity (Wildman–Crippen MR) is 91.4 cm³/mol. The van der Waals surface area contributed by atoms with Crippen molar-refractivity contribution >= 4 is 23.2 Å². The first-order valence-corrected chi connectivity index (χ1v) is 7.82. The Labute approximate surface area is 142 Å². The molecule has 0 spiro atoms. The number of nitrogens with one attached hydrogen (secondary N) is 1. The molecule has 0 fully saturated rings. The molecule has 23 heavy (non-hydrogen) atoms. The minimum Gasteiger partial charge on any atom is -0.495 e. The van der Waals surface area contributed by atoms with E-state index in [-0.39, 0.29) is 12.5 Å². The Morgan fingerprint density at radius 1 is 1.17 bits per heavy atom. The second-order valence-electron chi connectivity index (χ2n) is 5.01. The van der Waals surface area contributed by atoms with Crippen LogP contribution in [0.3, 0.4) is 0 Å². The van der Waals surface area contributed by atoms with Crippen LogP contribution in [0.5, 0.6) is 5.75 Å². The van der Waals surface area contributed by atoms with E-state index in [0.29, 0.717) is 36.2 Å². The maximum absolute atomic E-state index is 12.2.